The largest absolute Gasteiger partial charge is 0.464 e. The van der Waals surface area contributed by atoms with E-state index >= 15 is 0 Å². The monoisotopic (exact) mass is 360 g/mol. The summed E-state index contributed by atoms with van der Waals surface area (Å²) in [6.07, 6.45) is 1.84. The van der Waals surface area contributed by atoms with E-state index in [0.29, 0.717) is 21.7 Å². The number of ether oxygens (including phenoxy) is 1. The predicted octanol–water partition coefficient (Wildman–Crippen LogP) is 2.97. The number of esters is 1. The van der Waals surface area contributed by atoms with Crippen molar-refractivity contribution in [2.24, 2.45) is 0 Å². The van der Waals surface area contributed by atoms with Gasteiger partial charge in [-0.15, -0.1) is 11.3 Å². The Morgan fingerprint density at radius 1 is 1.32 bits per heavy atom. The molecule has 1 aliphatic carbocycles. The van der Waals surface area contributed by atoms with Crippen LogP contribution < -0.4 is 0 Å². The van der Waals surface area contributed by atoms with Crippen LogP contribution in [0.3, 0.4) is 0 Å². The number of rotatable bonds is 6. The second-order valence-electron chi connectivity index (χ2n) is 6.18. The van der Waals surface area contributed by atoms with Gasteiger partial charge in [-0.05, 0) is 43.7 Å². The number of hydrogen-bond donors (Lipinski definition) is 1. The Morgan fingerprint density at radius 3 is 2.60 bits per heavy atom. The lowest BCUT2D eigenvalue weighted by Crippen LogP contribution is -2.37. The van der Waals surface area contributed by atoms with Crippen molar-refractivity contribution in [1.82, 2.24) is 9.88 Å². The number of ketones is 1. The minimum Gasteiger partial charge on any atom is -0.464 e. The molecule has 1 saturated carbocycles. The lowest BCUT2D eigenvalue weighted by molar-refractivity contribution is 0.0593. The number of aromatic nitrogens is 1. The van der Waals surface area contributed by atoms with E-state index in [9.17, 15) is 14.4 Å². The molecular weight excluding hydrogens is 340 g/mol. The fourth-order valence-electron chi connectivity index (χ4n) is 3.00. The number of methoxy groups -OCH3 is 1. The summed E-state index contributed by atoms with van der Waals surface area (Å²) < 4.78 is 4.74. The van der Waals surface area contributed by atoms with E-state index in [4.69, 9.17) is 4.74 Å². The molecule has 1 aliphatic rings. The van der Waals surface area contributed by atoms with Crippen molar-refractivity contribution < 1.29 is 19.1 Å². The summed E-state index contributed by atoms with van der Waals surface area (Å²) in [6.45, 7) is 3.47. The van der Waals surface area contributed by atoms with Crippen LogP contribution in [0.2, 0.25) is 0 Å². The summed E-state index contributed by atoms with van der Waals surface area (Å²) in [4.78, 5) is 42.6. The van der Waals surface area contributed by atoms with Crippen molar-refractivity contribution in [2.45, 2.75) is 32.7 Å². The van der Waals surface area contributed by atoms with Gasteiger partial charge in [-0.1, -0.05) is 6.07 Å². The van der Waals surface area contributed by atoms with Crippen LogP contribution in [0.15, 0.2) is 17.5 Å². The molecular formula is C18H20N2O4S. The molecule has 132 valence electrons. The van der Waals surface area contributed by atoms with E-state index in [1.54, 1.807) is 24.8 Å². The second kappa shape index (κ2) is 6.84. The van der Waals surface area contributed by atoms with Gasteiger partial charge in [-0.2, -0.15) is 0 Å². The molecule has 1 amide bonds. The predicted molar refractivity (Wildman–Crippen MR) is 94.3 cm³/mol. The molecule has 25 heavy (non-hydrogen) atoms. The topological polar surface area (TPSA) is 79.5 Å². The first-order valence-electron chi connectivity index (χ1n) is 8.09. The van der Waals surface area contributed by atoms with Gasteiger partial charge < -0.3 is 14.6 Å². The Labute approximate surface area is 149 Å². The summed E-state index contributed by atoms with van der Waals surface area (Å²) in [6, 6.07) is 3.72. The standard InChI is InChI=1S/C18H20N2O4S/c1-10-15(11(2)19-16(10)18(23)24-3)13(21)9-20(12-6-7-12)17(22)14-5-4-8-25-14/h4-5,8,12,19H,6-7,9H2,1-3H3. The zero-order valence-corrected chi connectivity index (χ0v) is 15.2. The molecule has 7 heteroatoms. The Bertz CT molecular complexity index is 818. The Hall–Kier alpha value is -2.41. The number of aryl methyl sites for hydroxylation is 1. The third kappa shape index (κ3) is 3.37. The van der Waals surface area contributed by atoms with Gasteiger partial charge in [0.2, 0.25) is 0 Å². The molecule has 0 spiro atoms. The van der Waals surface area contributed by atoms with Crippen LogP contribution in [0.5, 0.6) is 0 Å². The maximum Gasteiger partial charge on any atom is 0.354 e. The van der Waals surface area contributed by atoms with Crippen molar-refractivity contribution in [2.75, 3.05) is 13.7 Å². The molecule has 2 aromatic heterocycles. The fraction of sp³-hybridized carbons (Fsp3) is 0.389. The van der Waals surface area contributed by atoms with Crippen LogP contribution in [0.4, 0.5) is 0 Å². The zero-order chi connectivity index (χ0) is 18.1. The molecule has 6 nitrogen and oxygen atoms in total. The van der Waals surface area contributed by atoms with Crippen LogP contribution in [0, 0.1) is 13.8 Å². The molecule has 0 atom stereocenters. The van der Waals surface area contributed by atoms with Crippen molar-refractivity contribution in [3.05, 3.63) is 44.9 Å². The van der Waals surface area contributed by atoms with Crippen LogP contribution >= 0.6 is 11.3 Å². The van der Waals surface area contributed by atoms with Gasteiger partial charge in [0.05, 0.1) is 18.5 Å². The summed E-state index contributed by atoms with van der Waals surface area (Å²) in [7, 11) is 1.30. The smallest absolute Gasteiger partial charge is 0.354 e. The zero-order valence-electron chi connectivity index (χ0n) is 14.4. The second-order valence-corrected chi connectivity index (χ2v) is 7.13. The van der Waals surface area contributed by atoms with E-state index in [1.807, 2.05) is 11.4 Å². The first-order chi connectivity index (χ1) is 11.9. The molecule has 0 bridgehead atoms. The van der Waals surface area contributed by atoms with Crippen molar-refractivity contribution >= 4 is 29.0 Å². The number of hydrogen-bond acceptors (Lipinski definition) is 5. The van der Waals surface area contributed by atoms with Crippen LogP contribution in [-0.2, 0) is 4.74 Å². The van der Waals surface area contributed by atoms with Gasteiger partial charge in [-0.25, -0.2) is 4.79 Å². The molecule has 1 fully saturated rings. The Morgan fingerprint density at radius 2 is 2.04 bits per heavy atom. The van der Waals surface area contributed by atoms with Crippen molar-refractivity contribution in [3.8, 4) is 0 Å². The van der Waals surface area contributed by atoms with Gasteiger partial charge in [0.25, 0.3) is 5.91 Å². The van der Waals surface area contributed by atoms with Crippen molar-refractivity contribution in [3.63, 3.8) is 0 Å². The van der Waals surface area contributed by atoms with Gasteiger partial charge in [0.15, 0.2) is 5.78 Å². The maximum absolute atomic E-state index is 12.9. The number of Topliss-reactive ketones (excluding diaryl/α,β-unsaturated/α-hetero) is 1. The fourth-order valence-corrected chi connectivity index (χ4v) is 3.68. The first-order valence-corrected chi connectivity index (χ1v) is 8.97. The summed E-state index contributed by atoms with van der Waals surface area (Å²) in [5.74, 6) is -0.781. The molecule has 0 aromatic carbocycles. The lowest BCUT2D eigenvalue weighted by atomic mass is 10.0. The molecule has 1 N–H and O–H groups in total. The quantitative estimate of drug-likeness (QED) is 0.634. The number of nitrogens with one attached hydrogen (secondary N) is 1. The molecule has 2 aromatic rings. The highest BCUT2D eigenvalue weighted by Gasteiger charge is 2.35. The number of amides is 1. The number of H-pyrrole nitrogens is 1. The third-order valence-electron chi connectivity index (χ3n) is 4.40. The highest BCUT2D eigenvalue weighted by Crippen LogP contribution is 2.30. The maximum atomic E-state index is 12.9. The SMILES string of the molecule is COC(=O)c1[nH]c(C)c(C(=O)CN(C(=O)c2cccs2)C2CC2)c1C. The summed E-state index contributed by atoms with van der Waals surface area (Å²) in [5, 5.41) is 1.85. The summed E-state index contributed by atoms with van der Waals surface area (Å²) >= 11 is 1.37. The number of nitrogens with zero attached hydrogens (tertiary/aromatic N) is 1. The van der Waals surface area contributed by atoms with Gasteiger partial charge in [0.1, 0.15) is 5.69 Å². The van der Waals surface area contributed by atoms with Crippen LogP contribution in [0.1, 0.15) is 54.6 Å². The van der Waals surface area contributed by atoms with E-state index in [2.05, 4.69) is 4.98 Å². The van der Waals surface area contributed by atoms with Gasteiger partial charge in [-0.3, -0.25) is 9.59 Å². The highest BCUT2D eigenvalue weighted by atomic mass is 32.1. The minimum absolute atomic E-state index is 0.0154. The van der Waals surface area contributed by atoms with E-state index in [1.165, 1.54) is 18.4 Å². The van der Waals surface area contributed by atoms with Gasteiger partial charge in [0, 0.05) is 17.3 Å². The number of thiophene rings is 1. The lowest BCUT2D eigenvalue weighted by Gasteiger charge is -2.21. The Balaban J connectivity index is 1.84. The average Bonchev–Trinajstić information content (AvgIpc) is 3.19. The molecule has 0 saturated heterocycles. The molecule has 2 heterocycles. The molecule has 0 aliphatic heterocycles. The number of aromatic amines is 1. The third-order valence-corrected chi connectivity index (χ3v) is 5.26. The number of carbonyl (C=O) groups is 3. The Kier molecular flexibility index (Phi) is 4.76. The van der Waals surface area contributed by atoms with Crippen molar-refractivity contribution in [1.29, 1.82) is 0 Å². The normalized spacial score (nSPS) is 13.6. The molecule has 3 rings (SSSR count). The van der Waals surface area contributed by atoms with Crippen LogP contribution in [-0.4, -0.2) is 47.2 Å². The van der Waals surface area contributed by atoms with Gasteiger partial charge >= 0.3 is 5.97 Å². The highest BCUT2D eigenvalue weighted by molar-refractivity contribution is 7.12. The molecule has 0 unspecified atom stereocenters. The first kappa shape index (κ1) is 17.4. The minimum atomic E-state index is -0.506. The number of carbonyl (C=O) groups excluding carboxylic acids is 3. The van der Waals surface area contributed by atoms with E-state index in [0.717, 1.165) is 12.8 Å². The summed E-state index contributed by atoms with van der Waals surface area (Å²) in [5.41, 5.74) is 1.92. The van der Waals surface area contributed by atoms with E-state index in [-0.39, 0.29) is 30.0 Å². The van der Waals surface area contributed by atoms with E-state index < -0.39 is 5.97 Å². The van der Waals surface area contributed by atoms with Crippen LogP contribution in [0.25, 0.3) is 0 Å². The average molecular weight is 360 g/mol. The molecule has 0 radical (unpaired) electrons.